The van der Waals surface area contributed by atoms with E-state index >= 15 is 0 Å². The maximum absolute atomic E-state index is 12.5. The lowest BCUT2D eigenvalue weighted by Crippen LogP contribution is -2.15. The fourth-order valence-electron chi connectivity index (χ4n) is 2.43. The third-order valence-electron chi connectivity index (χ3n) is 3.87. The van der Waals surface area contributed by atoms with Crippen molar-refractivity contribution >= 4 is 34.8 Å². The van der Waals surface area contributed by atoms with Gasteiger partial charge in [0.2, 0.25) is 5.95 Å². The monoisotopic (exact) mass is 377 g/mol. The molecule has 7 heteroatoms. The lowest BCUT2D eigenvalue weighted by molar-refractivity contribution is 0.102. The van der Waals surface area contributed by atoms with Gasteiger partial charge in [-0.1, -0.05) is 17.7 Å². The Hall–Kier alpha value is -3.43. The van der Waals surface area contributed by atoms with Crippen LogP contribution in [0.15, 0.2) is 48.5 Å². The van der Waals surface area contributed by atoms with E-state index in [-0.39, 0.29) is 11.6 Å². The minimum Gasteiger partial charge on any atom is -0.324 e. The van der Waals surface area contributed by atoms with Crippen LogP contribution in [-0.4, -0.2) is 15.9 Å². The third-order valence-corrected chi connectivity index (χ3v) is 4.28. The number of nitrogens with zero attached hydrogens (tertiary/aromatic N) is 3. The molecule has 27 heavy (non-hydrogen) atoms. The molecule has 3 rings (SSSR count). The van der Waals surface area contributed by atoms with Crippen molar-refractivity contribution in [2.24, 2.45) is 0 Å². The average Bonchev–Trinajstić information content (AvgIpc) is 2.65. The Labute approximate surface area is 161 Å². The summed E-state index contributed by atoms with van der Waals surface area (Å²) in [6, 6.07) is 15.7. The van der Waals surface area contributed by atoms with Gasteiger partial charge < -0.3 is 10.6 Å². The summed E-state index contributed by atoms with van der Waals surface area (Å²) >= 11 is 6.14. The summed E-state index contributed by atoms with van der Waals surface area (Å²) in [5.74, 6) is -0.0542. The molecular weight excluding hydrogens is 362 g/mol. The van der Waals surface area contributed by atoms with E-state index < -0.39 is 0 Å². The van der Waals surface area contributed by atoms with E-state index in [4.69, 9.17) is 16.9 Å². The molecule has 0 aliphatic carbocycles. The smallest absolute Gasteiger partial charge is 0.274 e. The number of carbonyl (C=O) groups is 1. The fourth-order valence-corrected chi connectivity index (χ4v) is 2.60. The molecule has 1 heterocycles. The lowest BCUT2D eigenvalue weighted by atomic mass is 10.2. The van der Waals surface area contributed by atoms with E-state index in [9.17, 15) is 4.79 Å². The van der Waals surface area contributed by atoms with Crippen LogP contribution in [0, 0.1) is 25.2 Å². The molecule has 3 aromatic rings. The van der Waals surface area contributed by atoms with Gasteiger partial charge in [-0.2, -0.15) is 5.26 Å². The van der Waals surface area contributed by atoms with Crippen molar-refractivity contribution in [1.29, 1.82) is 5.26 Å². The van der Waals surface area contributed by atoms with Gasteiger partial charge in [0, 0.05) is 22.1 Å². The molecule has 1 aromatic heterocycles. The van der Waals surface area contributed by atoms with E-state index in [1.165, 1.54) is 0 Å². The normalized spacial score (nSPS) is 10.1. The summed E-state index contributed by atoms with van der Waals surface area (Å²) in [6.07, 6.45) is 0. The number of aryl methyl sites for hydroxylation is 1. The zero-order chi connectivity index (χ0) is 19.4. The first-order valence-electron chi connectivity index (χ1n) is 8.15. The molecule has 0 spiro atoms. The maximum Gasteiger partial charge on any atom is 0.274 e. The molecule has 0 saturated heterocycles. The molecule has 0 unspecified atom stereocenters. The van der Waals surface area contributed by atoms with E-state index in [0.717, 1.165) is 11.3 Å². The SMILES string of the molecule is Cc1cc(C(=O)Nc2ccc(C#N)cc2)nc(Nc2cccc(Cl)c2C)n1. The van der Waals surface area contributed by atoms with Crippen molar-refractivity contribution in [3.63, 3.8) is 0 Å². The number of hydrogen-bond donors (Lipinski definition) is 2. The number of nitrogens with one attached hydrogen (secondary N) is 2. The van der Waals surface area contributed by atoms with Crippen molar-refractivity contribution in [3.05, 3.63) is 76.1 Å². The topological polar surface area (TPSA) is 90.7 Å². The van der Waals surface area contributed by atoms with Crippen LogP contribution in [0.1, 0.15) is 27.3 Å². The molecule has 0 aliphatic heterocycles. The van der Waals surface area contributed by atoms with Crippen LogP contribution >= 0.6 is 11.6 Å². The molecule has 0 atom stereocenters. The van der Waals surface area contributed by atoms with Crippen LogP contribution in [0.25, 0.3) is 0 Å². The molecule has 0 aliphatic rings. The maximum atomic E-state index is 12.5. The Morgan fingerprint density at radius 2 is 1.85 bits per heavy atom. The van der Waals surface area contributed by atoms with Gasteiger partial charge in [-0.25, -0.2) is 9.97 Å². The number of halogens is 1. The molecule has 0 radical (unpaired) electrons. The van der Waals surface area contributed by atoms with Gasteiger partial charge in [-0.05, 0) is 61.9 Å². The van der Waals surface area contributed by atoms with Crippen LogP contribution in [0.5, 0.6) is 0 Å². The van der Waals surface area contributed by atoms with Crippen LogP contribution in [0.2, 0.25) is 5.02 Å². The predicted molar refractivity (Wildman–Crippen MR) is 105 cm³/mol. The van der Waals surface area contributed by atoms with Crippen molar-refractivity contribution < 1.29 is 4.79 Å². The first-order chi connectivity index (χ1) is 13.0. The number of amides is 1. The van der Waals surface area contributed by atoms with Crippen LogP contribution < -0.4 is 10.6 Å². The van der Waals surface area contributed by atoms with Gasteiger partial charge in [-0.15, -0.1) is 0 Å². The molecule has 2 aromatic carbocycles. The molecule has 6 nitrogen and oxygen atoms in total. The second-order valence-electron chi connectivity index (χ2n) is 5.90. The van der Waals surface area contributed by atoms with E-state index in [1.54, 1.807) is 43.3 Å². The van der Waals surface area contributed by atoms with Crippen molar-refractivity contribution in [3.8, 4) is 6.07 Å². The van der Waals surface area contributed by atoms with Gasteiger partial charge in [0.1, 0.15) is 5.69 Å². The van der Waals surface area contributed by atoms with Crippen LogP contribution in [-0.2, 0) is 0 Å². The standard InChI is InChI=1S/C20H16ClN5O/c1-12-10-18(19(27)24-15-8-6-14(11-22)7-9-15)26-20(23-12)25-17-5-3-4-16(21)13(17)2/h3-10H,1-2H3,(H,24,27)(H,23,25,26). The second-order valence-corrected chi connectivity index (χ2v) is 6.31. The van der Waals surface area contributed by atoms with Crippen LogP contribution in [0.4, 0.5) is 17.3 Å². The minimum absolute atomic E-state index is 0.231. The molecular formula is C20H16ClN5O. The van der Waals surface area contributed by atoms with E-state index in [1.807, 2.05) is 25.1 Å². The number of hydrogen-bond acceptors (Lipinski definition) is 5. The summed E-state index contributed by atoms with van der Waals surface area (Å²) in [6.45, 7) is 3.68. The largest absolute Gasteiger partial charge is 0.324 e. The summed E-state index contributed by atoms with van der Waals surface area (Å²) in [7, 11) is 0. The number of nitriles is 1. The number of rotatable bonds is 4. The molecule has 1 amide bonds. The molecule has 134 valence electrons. The second kappa shape index (κ2) is 7.85. The first-order valence-corrected chi connectivity index (χ1v) is 8.53. The summed E-state index contributed by atoms with van der Waals surface area (Å²) in [4.78, 5) is 21.2. The Morgan fingerprint density at radius 1 is 1.11 bits per heavy atom. The lowest BCUT2D eigenvalue weighted by Gasteiger charge is -2.11. The number of benzene rings is 2. The highest BCUT2D eigenvalue weighted by atomic mass is 35.5. The summed E-state index contributed by atoms with van der Waals surface area (Å²) in [5, 5.41) is 15.3. The minimum atomic E-state index is -0.365. The van der Waals surface area contributed by atoms with Crippen LogP contribution in [0.3, 0.4) is 0 Å². The number of anilines is 3. The predicted octanol–water partition coefficient (Wildman–Crippen LogP) is 4.61. The fraction of sp³-hybridized carbons (Fsp3) is 0.100. The highest BCUT2D eigenvalue weighted by Crippen LogP contribution is 2.25. The van der Waals surface area contributed by atoms with Gasteiger partial charge >= 0.3 is 0 Å². The highest BCUT2D eigenvalue weighted by molar-refractivity contribution is 6.31. The average molecular weight is 378 g/mol. The first kappa shape index (κ1) is 18.4. The zero-order valence-electron chi connectivity index (χ0n) is 14.7. The molecule has 2 N–H and O–H groups in total. The Balaban J connectivity index is 1.82. The van der Waals surface area contributed by atoms with E-state index in [2.05, 4.69) is 20.6 Å². The number of aromatic nitrogens is 2. The third kappa shape index (κ3) is 4.40. The van der Waals surface area contributed by atoms with Crippen molar-refractivity contribution in [2.75, 3.05) is 10.6 Å². The molecule has 0 fully saturated rings. The van der Waals surface area contributed by atoms with Crippen molar-refractivity contribution in [1.82, 2.24) is 9.97 Å². The Bertz CT molecular complexity index is 1040. The highest BCUT2D eigenvalue weighted by Gasteiger charge is 2.12. The molecule has 0 saturated carbocycles. The van der Waals surface area contributed by atoms with Gasteiger partial charge in [0.15, 0.2) is 0 Å². The van der Waals surface area contributed by atoms with Crippen molar-refractivity contribution in [2.45, 2.75) is 13.8 Å². The zero-order valence-corrected chi connectivity index (χ0v) is 15.5. The molecule has 0 bridgehead atoms. The summed E-state index contributed by atoms with van der Waals surface area (Å²) < 4.78 is 0. The summed E-state index contributed by atoms with van der Waals surface area (Å²) in [5.41, 5.74) is 3.62. The van der Waals surface area contributed by atoms with Gasteiger partial charge in [0.05, 0.1) is 11.6 Å². The Morgan fingerprint density at radius 3 is 2.56 bits per heavy atom. The number of carbonyl (C=O) groups excluding carboxylic acids is 1. The van der Waals surface area contributed by atoms with Gasteiger partial charge in [0.25, 0.3) is 5.91 Å². The quantitative estimate of drug-likeness (QED) is 0.692. The Kier molecular flexibility index (Phi) is 5.34. The van der Waals surface area contributed by atoms with E-state index in [0.29, 0.717) is 27.9 Å². The van der Waals surface area contributed by atoms with Gasteiger partial charge in [-0.3, -0.25) is 4.79 Å².